The molecule has 0 aliphatic carbocycles. The summed E-state index contributed by atoms with van der Waals surface area (Å²) < 4.78 is 5.77. The molecule has 0 aromatic carbocycles. The minimum Gasteiger partial charge on any atom is -0.376 e. The Balaban J connectivity index is 1.96. The van der Waals surface area contributed by atoms with Gasteiger partial charge in [0.05, 0.1) is 11.0 Å². The summed E-state index contributed by atoms with van der Waals surface area (Å²) in [5.74, 6) is 0.173. The Morgan fingerprint density at radius 1 is 1.61 bits per heavy atom. The summed E-state index contributed by atoms with van der Waals surface area (Å²) >= 11 is 1.54. The topological polar surface area (TPSA) is 29.5 Å². The summed E-state index contributed by atoms with van der Waals surface area (Å²) in [4.78, 5) is 15.2. The Morgan fingerprint density at radius 3 is 3.11 bits per heavy atom. The van der Waals surface area contributed by atoms with E-state index in [1.807, 2.05) is 23.3 Å². The molecule has 0 bridgehead atoms. The van der Waals surface area contributed by atoms with Crippen molar-refractivity contribution in [2.24, 2.45) is 0 Å². The number of nitrogens with zero attached hydrogens (tertiary/aromatic N) is 1. The number of aryl methyl sites for hydroxylation is 1. The van der Waals surface area contributed by atoms with E-state index in [9.17, 15) is 4.79 Å². The zero-order valence-electron chi connectivity index (χ0n) is 11.1. The Labute approximate surface area is 113 Å². The highest BCUT2D eigenvalue weighted by Crippen LogP contribution is 2.21. The van der Waals surface area contributed by atoms with Crippen LogP contribution in [-0.4, -0.2) is 36.6 Å². The zero-order chi connectivity index (χ0) is 13.0. The van der Waals surface area contributed by atoms with E-state index in [4.69, 9.17) is 4.74 Å². The van der Waals surface area contributed by atoms with Gasteiger partial charge < -0.3 is 9.64 Å². The standard InChI is InChI=1S/C14H21NO2S/c1-3-8-17-12-5-4-7-15(10-12)14(16)13-11(2)6-9-18-13/h6,9,12H,3-5,7-8,10H2,1-2H3/t12-/m1/s1. The molecule has 1 aromatic rings. The monoisotopic (exact) mass is 267 g/mol. The number of hydrogen-bond donors (Lipinski definition) is 0. The minimum atomic E-state index is 0.173. The molecular weight excluding hydrogens is 246 g/mol. The van der Waals surface area contributed by atoms with Gasteiger partial charge in [0.1, 0.15) is 0 Å². The number of ether oxygens (including phenoxy) is 1. The SMILES string of the molecule is CCCO[C@@H]1CCCN(C(=O)c2sccc2C)C1. The lowest BCUT2D eigenvalue weighted by atomic mass is 10.1. The largest absolute Gasteiger partial charge is 0.376 e. The molecule has 4 heteroatoms. The van der Waals surface area contributed by atoms with E-state index in [1.165, 1.54) is 11.3 Å². The van der Waals surface area contributed by atoms with Crippen LogP contribution in [0.2, 0.25) is 0 Å². The second kappa shape index (κ2) is 6.34. The summed E-state index contributed by atoms with van der Waals surface area (Å²) in [6, 6.07) is 2.01. The number of thiophene rings is 1. The normalized spacial score (nSPS) is 20.1. The average molecular weight is 267 g/mol. The molecule has 100 valence electrons. The Bertz CT molecular complexity index is 402. The van der Waals surface area contributed by atoms with Crippen molar-refractivity contribution in [1.29, 1.82) is 0 Å². The van der Waals surface area contributed by atoms with Crippen molar-refractivity contribution in [3.05, 3.63) is 21.9 Å². The quantitative estimate of drug-likeness (QED) is 0.839. The predicted octanol–water partition coefficient (Wildman–Crippen LogP) is 3.09. The van der Waals surface area contributed by atoms with Crippen LogP contribution in [0.25, 0.3) is 0 Å². The first-order valence-electron chi connectivity index (χ1n) is 6.67. The number of piperidine rings is 1. The summed E-state index contributed by atoms with van der Waals surface area (Å²) in [7, 11) is 0. The van der Waals surface area contributed by atoms with E-state index in [0.717, 1.165) is 49.4 Å². The van der Waals surface area contributed by atoms with Gasteiger partial charge in [-0.3, -0.25) is 4.79 Å². The van der Waals surface area contributed by atoms with Gasteiger partial charge in [-0.05, 0) is 43.2 Å². The molecular formula is C14H21NO2S. The third kappa shape index (κ3) is 3.12. The molecule has 0 radical (unpaired) electrons. The fraction of sp³-hybridized carbons (Fsp3) is 0.643. The van der Waals surface area contributed by atoms with Crippen molar-refractivity contribution in [1.82, 2.24) is 4.90 Å². The molecule has 3 nitrogen and oxygen atoms in total. The van der Waals surface area contributed by atoms with E-state index in [-0.39, 0.29) is 12.0 Å². The molecule has 1 aliphatic rings. The van der Waals surface area contributed by atoms with E-state index in [0.29, 0.717) is 0 Å². The summed E-state index contributed by atoms with van der Waals surface area (Å²) in [6.45, 7) is 6.52. The van der Waals surface area contributed by atoms with Gasteiger partial charge in [-0.2, -0.15) is 0 Å². The average Bonchev–Trinajstić information content (AvgIpc) is 2.82. The number of carbonyl (C=O) groups is 1. The van der Waals surface area contributed by atoms with Crippen molar-refractivity contribution in [3.63, 3.8) is 0 Å². The van der Waals surface area contributed by atoms with E-state index in [1.54, 1.807) is 0 Å². The van der Waals surface area contributed by atoms with Crippen LogP contribution in [0.3, 0.4) is 0 Å². The molecule has 0 saturated carbocycles. The lowest BCUT2D eigenvalue weighted by Gasteiger charge is -2.32. The molecule has 0 N–H and O–H groups in total. The van der Waals surface area contributed by atoms with Crippen LogP contribution in [0.5, 0.6) is 0 Å². The number of rotatable bonds is 4. The van der Waals surface area contributed by atoms with E-state index < -0.39 is 0 Å². The van der Waals surface area contributed by atoms with Crippen LogP contribution >= 0.6 is 11.3 Å². The van der Waals surface area contributed by atoms with Crippen LogP contribution in [0.1, 0.15) is 41.4 Å². The Morgan fingerprint density at radius 2 is 2.44 bits per heavy atom. The third-order valence-corrected chi connectivity index (χ3v) is 4.28. The van der Waals surface area contributed by atoms with Gasteiger partial charge in [0, 0.05) is 19.7 Å². The molecule has 0 spiro atoms. The molecule has 2 heterocycles. The van der Waals surface area contributed by atoms with Crippen LogP contribution < -0.4 is 0 Å². The van der Waals surface area contributed by atoms with Gasteiger partial charge in [-0.15, -0.1) is 11.3 Å². The maximum Gasteiger partial charge on any atom is 0.264 e. The molecule has 1 amide bonds. The number of likely N-dealkylation sites (tertiary alicyclic amines) is 1. The first-order chi connectivity index (χ1) is 8.72. The van der Waals surface area contributed by atoms with Crippen molar-refractivity contribution >= 4 is 17.2 Å². The van der Waals surface area contributed by atoms with Gasteiger partial charge in [0.25, 0.3) is 5.91 Å². The van der Waals surface area contributed by atoms with E-state index >= 15 is 0 Å². The fourth-order valence-corrected chi connectivity index (χ4v) is 3.17. The number of hydrogen-bond acceptors (Lipinski definition) is 3. The Kier molecular flexibility index (Phi) is 4.78. The van der Waals surface area contributed by atoms with Crippen molar-refractivity contribution < 1.29 is 9.53 Å². The second-order valence-corrected chi connectivity index (χ2v) is 5.74. The van der Waals surface area contributed by atoms with Crippen molar-refractivity contribution in [2.75, 3.05) is 19.7 Å². The third-order valence-electron chi connectivity index (χ3n) is 3.28. The second-order valence-electron chi connectivity index (χ2n) is 4.82. The van der Waals surface area contributed by atoms with Crippen LogP contribution in [0, 0.1) is 6.92 Å². The maximum absolute atomic E-state index is 12.4. The molecule has 1 aliphatic heterocycles. The first kappa shape index (κ1) is 13.6. The highest BCUT2D eigenvalue weighted by molar-refractivity contribution is 7.12. The number of carbonyl (C=O) groups excluding carboxylic acids is 1. The molecule has 1 atom stereocenters. The molecule has 1 fully saturated rings. The summed E-state index contributed by atoms with van der Waals surface area (Å²) in [5.41, 5.74) is 1.08. The predicted molar refractivity (Wildman–Crippen MR) is 74.2 cm³/mol. The molecule has 1 aromatic heterocycles. The van der Waals surface area contributed by atoms with Crippen molar-refractivity contribution in [2.45, 2.75) is 39.2 Å². The van der Waals surface area contributed by atoms with Crippen LogP contribution in [0.15, 0.2) is 11.4 Å². The summed E-state index contributed by atoms with van der Waals surface area (Å²) in [5, 5.41) is 1.98. The summed E-state index contributed by atoms with van der Waals surface area (Å²) in [6.07, 6.45) is 3.38. The lowest BCUT2D eigenvalue weighted by Crippen LogP contribution is -2.43. The van der Waals surface area contributed by atoms with Gasteiger partial charge in [-0.25, -0.2) is 0 Å². The molecule has 2 rings (SSSR count). The minimum absolute atomic E-state index is 0.173. The first-order valence-corrected chi connectivity index (χ1v) is 7.55. The molecule has 1 saturated heterocycles. The maximum atomic E-state index is 12.4. The van der Waals surface area contributed by atoms with Gasteiger partial charge in [-0.1, -0.05) is 6.92 Å². The molecule has 18 heavy (non-hydrogen) atoms. The zero-order valence-corrected chi connectivity index (χ0v) is 12.0. The highest BCUT2D eigenvalue weighted by Gasteiger charge is 2.26. The lowest BCUT2D eigenvalue weighted by molar-refractivity contribution is 0.00225. The van der Waals surface area contributed by atoms with Gasteiger partial charge in [0.15, 0.2) is 0 Å². The van der Waals surface area contributed by atoms with Crippen LogP contribution in [0.4, 0.5) is 0 Å². The van der Waals surface area contributed by atoms with E-state index in [2.05, 4.69) is 6.92 Å². The van der Waals surface area contributed by atoms with Gasteiger partial charge in [0.2, 0.25) is 0 Å². The highest BCUT2D eigenvalue weighted by atomic mass is 32.1. The van der Waals surface area contributed by atoms with Gasteiger partial charge >= 0.3 is 0 Å². The van der Waals surface area contributed by atoms with Crippen molar-refractivity contribution in [3.8, 4) is 0 Å². The Hall–Kier alpha value is -0.870. The number of amides is 1. The molecule has 0 unspecified atom stereocenters. The fourth-order valence-electron chi connectivity index (χ4n) is 2.28. The smallest absolute Gasteiger partial charge is 0.264 e. The van der Waals surface area contributed by atoms with Crippen LogP contribution in [-0.2, 0) is 4.74 Å².